The highest BCUT2D eigenvalue weighted by atomic mass is 16.2. The van der Waals surface area contributed by atoms with Gasteiger partial charge < -0.3 is 19.3 Å². The van der Waals surface area contributed by atoms with E-state index in [1.54, 1.807) is 11.2 Å². The molecule has 1 amide bonds. The summed E-state index contributed by atoms with van der Waals surface area (Å²) in [6.45, 7) is 7.91. The van der Waals surface area contributed by atoms with Gasteiger partial charge in [-0.05, 0) is 0 Å². The van der Waals surface area contributed by atoms with Crippen molar-refractivity contribution in [2.75, 3.05) is 43.0 Å². The highest BCUT2D eigenvalue weighted by Gasteiger charge is 2.26. The van der Waals surface area contributed by atoms with Gasteiger partial charge in [0.15, 0.2) is 0 Å². The van der Waals surface area contributed by atoms with E-state index >= 15 is 0 Å². The average molecular weight is 369 g/mol. The van der Waals surface area contributed by atoms with Crippen molar-refractivity contribution < 1.29 is 4.79 Å². The minimum atomic E-state index is 0.124. The molecule has 4 heterocycles. The Balaban J connectivity index is 1.55. The van der Waals surface area contributed by atoms with Gasteiger partial charge in [-0.1, -0.05) is 13.8 Å². The van der Waals surface area contributed by atoms with Crippen LogP contribution in [0.5, 0.6) is 0 Å². The SMILES string of the molecule is CC(C)c1nc2c(n1C)CCN(c1cc(N3CCN(C)C(=O)C3)ncn1)C2. The molecular weight excluding hydrogens is 342 g/mol. The Morgan fingerprint density at radius 1 is 1.00 bits per heavy atom. The molecule has 0 radical (unpaired) electrons. The number of hydrogen-bond acceptors (Lipinski definition) is 6. The van der Waals surface area contributed by atoms with E-state index in [1.165, 1.54) is 5.69 Å². The maximum Gasteiger partial charge on any atom is 0.241 e. The third-order valence-corrected chi connectivity index (χ3v) is 5.55. The zero-order chi connectivity index (χ0) is 19.1. The van der Waals surface area contributed by atoms with Crippen molar-refractivity contribution in [3.63, 3.8) is 0 Å². The first-order chi connectivity index (χ1) is 12.9. The molecule has 2 aromatic rings. The van der Waals surface area contributed by atoms with E-state index in [0.717, 1.165) is 55.8 Å². The predicted octanol–water partition coefficient (Wildman–Crippen LogP) is 1.17. The summed E-state index contributed by atoms with van der Waals surface area (Å²) in [7, 11) is 3.96. The molecule has 0 unspecified atom stereocenters. The molecule has 2 aliphatic rings. The monoisotopic (exact) mass is 369 g/mol. The van der Waals surface area contributed by atoms with Crippen LogP contribution in [0.3, 0.4) is 0 Å². The van der Waals surface area contributed by atoms with Crippen LogP contribution in [0.25, 0.3) is 0 Å². The summed E-state index contributed by atoms with van der Waals surface area (Å²) < 4.78 is 2.25. The highest BCUT2D eigenvalue weighted by molar-refractivity contribution is 5.82. The van der Waals surface area contributed by atoms with Crippen molar-refractivity contribution in [3.05, 3.63) is 29.6 Å². The molecule has 27 heavy (non-hydrogen) atoms. The number of rotatable bonds is 3. The second-order valence-electron chi connectivity index (χ2n) is 7.72. The fourth-order valence-corrected chi connectivity index (χ4v) is 3.90. The fraction of sp³-hybridized carbons (Fsp3) is 0.579. The molecule has 0 N–H and O–H groups in total. The first-order valence-electron chi connectivity index (χ1n) is 9.54. The van der Waals surface area contributed by atoms with Gasteiger partial charge in [0.2, 0.25) is 5.91 Å². The van der Waals surface area contributed by atoms with Gasteiger partial charge in [0.1, 0.15) is 23.8 Å². The number of nitrogens with zero attached hydrogens (tertiary/aromatic N) is 7. The number of imidazole rings is 1. The Labute approximate surface area is 159 Å². The quantitative estimate of drug-likeness (QED) is 0.809. The van der Waals surface area contributed by atoms with Gasteiger partial charge in [-0.15, -0.1) is 0 Å². The van der Waals surface area contributed by atoms with Gasteiger partial charge in [0.05, 0.1) is 18.8 Å². The van der Waals surface area contributed by atoms with E-state index in [4.69, 9.17) is 4.98 Å². The summed E-state index contributed by atoms with van der Waals surface area (Å²) in [5, 5.41) is 0. The molecule has 0 aromatic carbocycles. The van der Waals surface area contributed by atoms with E-state index in [2.05, 4.69) is 40.3 Å². The zero-order valence-corrected chi connectivity index (χ0v) is 16.5. The summed E-state index contributed by atoms with van der Waals surface area (Å²) in [5.74, 6) is 3.39. The van der Waals surface area contributed by atoms with Crippen LogP contribution < -0.4 is 9.80 Å². The third kappa shape index (κ3) is 3.24. The highest BCUT2D eigenvalue weighted by Crippen LogP contribution is 2.27. The van der Waals surface area contributed by atoms with Crippen LogP contribution in [0.1, 0.15) is 37.0 Å². The lowest BCUT2D eigenvalue weighted by Gasteiger charge is -2.33. The van der Waals surface area contributed by atoms with Gasteiger partial charge >= 0.3 is 0 Å². The van der Waals surface area contributed by atoms with E-state index in [1.807, 2.05) is 18.0 Å². The Morgan fingerprint density at radius 2 is 1.70 bits per heavy atom. The summed E-state index contributed by atoms with van der Waals surface area (Å²) >= 11 is 0. The van der Waals surface area contributed by atoms with Crippen molar-refractivity contribution in [2.24, 2.45) is 7.05 Å². The van der Waals surface area contributed by atoms with E-state index in [9.17, 15) is 4.79 Å². The van der Waals surface area contributed by atoms with Crippen molar-refractivity contribution in [3.8, 4) is 0 Å². The smallest absolute Gasteiger partial charge is 0.241 e. The van der Waals surface area contributed by atoms with Crippen LogP contribution >= 0.6 is 0 Å². The van der Waals surface area contributed by atoms with Gasteiger partial charge in [-0.25, -0.2) is 15.0 Å². The van der Waals surface area contributed by atoms with Crippen molar-refractivity contribution in [1.82, 2.24) is 24.4 Å². The molecule has 2 aliphatic heterocycles. The molecule has 8 heteroatoms. The normalized spacial score (nSPS) is 17.7. The number of aromatic nitrogens is 4. The Hall–Kier alpha value is -2.64. The number of likely N-dealkylation sites (N-methyl/N-ethyl adjacent to an activating group) is 1. The van der Waals surface area contributed by atoms with Crippen LogP contribution in [0.2, 0.25) is 0 Å². The number of fused-ring (bicyclic) bond motifs is 1. The van der Waals surface area contributed by atoms with Gasteiger partial charge in [0.25, 0.3) is 0 Å². The first-order valence-corrected chi connectivity index (χ1v) is 9.54. The maximum atomic E-state index is 12.0. The number of piperazine rings is 1. The Kier molecular flexibility index (Phi) is 4.49. The minimum absolute atomic E-state index is 0.124. The first kappa shape index (κ1) is 17.8. The molecule has 8 nitrogen and oxygen atoms in total. The van der Waals surface area contributed by atoms with Crippen molar-refractivity contribution in [1.29, 1.82) is 0 Å². The molecule has 1 saturated heterocycles. The number of hydrogen-bond donors (Lipinski definition) is 0. The second-order valence-corrected chi connectivity index (χ2v) is 7.72. The topological polar surface area (TPSA) is 70.4 Å². The molecule has 0 spiro atoms. The summed E-state index contributed by atoms with van der Waals surface area (Å²) in [4.78, 5) is 31.8. The average Bonchev–Trinajstić information content (AvgIpc) is 3.00. The molecule has 4 rings (SSSR count). The van der Waals surface area contributed by atoms with Crippen LogP contribution in [0, 0.1) is 0 Å². The predicted molar refractivity (Wildman–Crippen MR) is 104 cm³/mol. The third-order valence-electron chi connectivity index (χ3n) is 5.55. The lowest BCUT2D eigenvalue weighted by Crippen LogP contribution is -2.48. The molecular formula is C19H27N7O. The summed E-state index contributed by atoms with van der Waals surface area (Å²) in [6.07, 6.45) is 2.55. The molecule has 144 valence electrons. The van der Waals surface area contributed by atoms with E-state index < -0.39 is 0 Å². The summed E-state index contributed by atoms with van der Waals surface area (Å²) in [6, 6.07) is 2.00. The lowest BCUT2D eigenvalue weighted by atomic mass is 10.1. The van der Waals surface area contributed by atoms with Gasteiger partial charge in [0, 0.05) is 57.8 Å². The summed E-state index contributed by atoms with van der Waals surface area (Å²) in [5.41, 5.74) is 2.47. The molecule has 0 bridgehead atoms. The Bertz CT molecular complexity index is 860. The molecule has 2 aromatic heterocycles. The van der Waals surface area contributed by atoms with E-state index in [-0.39, 0.29) is 5.91 Å². The van der Waals surface area contributed by atoms with Crippen LogP contribution in [-0.2, 0) is 24.8 Å². The lowest BCUT2D eigenvalue weighted by molar-refractivity contribution is -0.129. The van der Waals surface area contributed by atoms with E-state index in [0.29, 0.717) is 12.5 Å². The largest absolute Gasteiger partial charge is 0.350 e. The van der Waals surface area contributed by atoms with Gasteiger partial charge in [-0.3, -0.25) is 4.79 Å². The fourth-order valence-electron chi connectivity index (χ4n) is 3.90. The van der Waals surface area contributed by atoms with Crippen LogP contribution in [0.15, 0.2) is 12.4 Å². The molecule has 0 atom stereocenters. The van der Waals surface area contributed by atoms with Gasteiger partial charge in [-0.2, -0.15) is 0 Å². The maximum absolute atomic E-state index is 12.0. The minimum Gasteiger partial charge on any atom is -0.350 e. The zero-order valence-electron chi connectivity index (χ0n) is 16.5. The number of carbonyl (C=O) groups is 1. The molecule has 0 aliphatic carbocycles. The Morgan fingerprint density at radius 3 is 2.37 bits per heavy atom. The van der Waals surface area contributed by atoms with Crippen LogP contribution in [0.4, 0.5) is 11.6 Å². The van der Waals surface area contributed by atoms with Crippen LogP contribution in [-0.4, -0.2) is 63.6 Å². The number of amides is 1. The van der Waals surface area contributed by atoms with Crippen molar-refractivity contribution >= 4 is 17.5 Å². The second kappa shape index (κ2) is 6.83. The number of carbonyl (C=O) groups excluding carboxylic acids is 1. The molecule has 0 saturated carbocycles. The standard InChI is InChI=1S/C19H27N7O/c1-13(2)19-22-14-10-25(6-5-15(14)24(19)4)16-9-17(21-12-20-16)26-8-7-23(3)18(27)11-26/h9,12-13H,5-8,10-11H2,1-4H3. The molecule has 1 fully saturated rings. The van der Waals surface area contributed by atoms with Crippen molar-refractivity contribution in [2.45, 2.75) is 32.7 Å². The number of anilines is 2.